The van der Waals surface area contributed by atoms with Gasteiger partial charge in [0.25, 0.3) is 0 Å². The van der Waals surface area contributed by atoms with Gasteiger partial charge in [-0.3, -0.25) is 0 Å². The van der Waals surface area contributed by atoms with E-state index in [-0.39, 0.29) is 0 Å². The zero-order valence-corrected chi connectivity index (χ0v) is 12.8. The summed E-state index contributed by atoms with van der Waals surface area (Å²) in [5.41, 5.74) is 3.68. The van der Waals surface area contributed by atoms with Gasteiger partial charge in [-0.05, 0) is 49.0 Å². The van der Waals surface area contributed by atoms with Crippen molar-refractivity contribution in [2.75, 3.05) is 17.4 Å². The van der Waals surface area contributed by atoms with Crippen LogP contribution in [-0.4, -0.2) is 26.9 Å². The lowest BCUT2D eigenvalue weighted by Crippen LogP contribution is -2.17. The highest BCUT2D eigenvalue weighted by Crippen LogP contribution is 2.32. The Kier molecular flexibility index (Phi) is 4.04. The molecule has 0 N–H and O–H groups in total. The molecular weight excluding hydrogens is 276 g/mol. The number of aryl methyl sites for hydroxylation is 2. The molecule has 2 heterocycles. The van der Waals surface area contributed by atoms with E-state index in [2.05, 4.69) is 41.5 Å². The van der Waals surface area contributed by atoms with E-state index in [1.165, 1.54) is 35.4 Å². The van der Waals surface area contributed by atoms with Crippen LogP contribution in [0.2, 0.25) is 0 Å². The highest BCUT2D eigenvalue weighted by Gasteiger charge is 2.21. The molecule has 0 bridgehead atoms. The van der Waals surface area contributed by atoms with E-state index in [0.717, 1.165) is 17.8 Å². The first kappa shape index (κ1) is 13.3. The van der Waals surface area contributed by atoms with Crippen molar-refractivity contribution in [1.82, 2.24) is 9.55 Å². The Hall–Kier alpha value is -0.670. The zero-order valence-electron chi connectivity index (χ0n) is 11.2. The summed E-state index contributed by atoms with van der Waals surface area (Å²) < 4.78 is 2.46. The molecule has 1 aromatic carbocycles. The number of hydrogen-bond acceptors (Lipinski definition) is 2. The normalized spacial score (nSPS) is 17.2. The Morgan fingerprint density at radius 3 is 2.89 bits per heavy atom. The van der Waals surface area contributed by atoms with Crippen LogP contribution >= 0.6 is 23.4 Å². The number of rotatable bonds is 3. The number of fused-ring (bicyclic) bond motifs is 1. The van der Waals surface area contributed by atoms with Crippen LogP contribution in [-0.2, 0) is 6.42 Å². The van der Waals surface area contributed by atoms with Crippen LogP contribution in [0.3, 0.4) is 0 Å². The number of thioether (sulfide) groups is 1. The van der Waals surface area contributed by atoms with Gasteiger partial charge in [-0.1, -0.05) is 6.07 Å². The van der Waals surface area contributed by atoms with Gasteiger partial charge >= 0.3 is 0 Å². The molecule has 0 atom stereocenters. The van der Waals surface area contributed by atoms with Crippen molar-refractivity contribution in [3.63, 3.8) is 0 Å². The largest absolute Gasteiger partial charge is 0.325 e. The van der Waals surface area contributed by atoms with Crippen molar-refractivity contribution in [2.45, 2.75) is 32.2 Å². The third-order valence-corrected chi connectivity index (χ3v) is 5.03. The molecule has 3 rings (SSSR count). The molecule has 102 valence electrons. The summed E-state index contributed by atoms with van der Waals surface area (Å²) in [4.78, 5) is 4.81. The second kappa shape index (κ2) is 5.76. The fourth-order valence-corrected chi connectivity index (χ4v) is 4.12. The lowest BCUT2D eigenvalue weighted by molar-refractivity contribution is 0.466. The van der Waals surface area contributed by atoms with Crippen molar-refractivity contribution >= 4 is 34.4 Å². The summed E-state index contributed by atoms with van der Waals surface area (Å²) in [6.45, 7) is 2.12. The molecule has 4 heteroatoms. The fraction of sp³-hybridized carbons (Fsp3) is 0.533. The van der Waals surface area contributed by atoms with Crippen molar-refractivity contribution in [2.24, 2.45) is 0 Å². The number of alkyl halides is 1. The second-order valence-corrected chi connectivity index (χ2v) is 6.78. The number of aromatic nitrogens is 2. The molecular formula is C15H19ClN2S. The van der Waals surface area contributed by atoms with Crippen LogP contribution < -0.4 is 0 Å². The molecule has 1 aliphatic heterocycles. The average Bonchev–Trinajstić information content (AvgIpc) is 2.77. The minimum Gasteiger partial charge on any atom is -0.325 e. The van der Waals surface area contributed by atoms with Crippen LogP contribution in [0.4, 0.5) is 0 Å². The van der Waals surface area contributed by atoms with Gasteiger partial charge < -0.3 is 4.57 Å². The van der Waals surface area contributed by atoms with Gasteiger partial charge in [0, 0.05) is 18.3 Å². The monoisotopic (exact) mass is 294 g/mol. The summed E-state index contributed by atoms with van der Waals surface area (Å²) in [5, 5.41) is 0. The Bertz CT molecular complexity index is 573. The molecule has 0 amide bonds. The summed E-state index contributed by atoms with van der Waals surface area (Å²) in [6.07, 6.45) is 3.36. The first-order chi connectivity index (χ1) is 9.29. The first-order valence-corrected chi connectivity index (χ1v) is 8.59. The Labute approximate surface area is 123 Å². The molecule has 1 saturated heterocycles. The molecule has 19 heavy (non-hydrogen) atoms. The van der Waals surface area contributed by atoms with Crippen molar-refractivity contribution in [1.29, 1.82) is 0 Å². The van der Waals surface area contributed by atoms with Crippen molar-refractivity contribution < 1.29 is 0 Å². The molecule has 0 radical (unpaired) electrons. The fourth-order valence-electron chi connectivity index (χ4n) is 2.87. The highest BCUT2D eigenvalue weighted by atomic mass is 35.5. The van der Waals surface area contributed by atoms with E-state index in [9.17, 15) is 0 Å². The van der Waals surface area contributed by atoms with Gasteiger partial charge in [-0.15, -0.1) is 11.6 Å². The number of nitrogens with zero attached hydrogens (tertiary/aromatic N) is 2. The third kappa shape index (κ3) is 2.63. The predicted octanol–water partition coefficient (Wildman–Crippen LogP) is 4.19. The van der Waals surface area contributed by atoms with Crippen LogP contribution in [0.5, 0.6) is 0 Å². The second-order valence-electron chi connectivity index (χ2n) is 5.17. The lowest BCUT2D eigenvalue weighted by Gasteiger charge is -2.25. The average molecular weight is 295 g/mol. The van der Waals surface area contributed by atoms with Gasteiger partial charge in [0.1, 0.15) is 5.82 Å². The van der Waals surface area contributed by atoms with E-state index in [4.69, 9.17) is 16.6 Å². The summed E-state index contributed by atoms with van der Waals surface area (Å²) in [7, 11) is 0. The van der Waals surface area contributed by atoms with Gasteiger partial charge in [0.05, 0.1) is 11.0 Å². The van der Waals surface area contributed by atoms with Crippen LogP contribution in [0.25, 0.3) is 11.0 Å². The van der Waals surface area contributed by atoms with Crippen LogP contribution in [0.1, 0.15) is 30.3 Å². The maximum absolute atomic E-state index is 5.95. The molecule has 0 spiro atoms. The predicted molar refractivity (Wildman–Crippen MR) is 84.5 cm³/mol. The van der Waals surface area contributed by atoms with Crippen molar-refractivity contribution in [3.05, 3.63) is 29.6 Å². The topological polar surface area (TPSA) is 17.8 Å². The summed E-state index contributed by atoms with van der Waals surface area (Å²) in [5.74, 6) is 4.32. The maximum Gasteiger partial charge on any atom is 0.111 e. The molecule has 1 aromatic heterocycles. The zero-order chi connectivity index (χ0) is 13.2. The standard InChI is InChI=1S/C15H19ClN2S/c1-11-2-3-14-13(10-11)17-15(4-7-16)18(14)12-5-8-19-9-6-12/h2-3,10,12H,4-9H2,1H3. The van der Waals surface area contributed by atoms with Crippen LogP contribution in [0, 0.1) is 6.92 Å². The summed E-state index contributed by atoms with van der Waals surface area (Å²) >= 11 is 8.01. The first-order valence-electron chi connectivity index (χ1n) is 6.91. The summed E-state index contributed by atoms with van der Waals surface area (Å²) in [6, 6.07) is 7.19. The molecule has 0 unspecified atom stereocenters. The highest BCUT2D eigenvalue weighted by molar-refractivity contribution is 7.99. The lowest BCUT2D eigenvalue weighted by atomic mass is 10.1. The molecule has 2 nitrogen and oxygen atoms in total. The quantitative estimate of drug-likeness (QED) is 0.790. The maximum atomic E-state index is 5.95. The minimum absolute atomic E-state index is 0.604. The number of hydrogen-bond donors (Lipinski definition) is 0. The molecule has 1 aliphatic rings. The minimum atomic E-state index is 0.604. The number of benzene rings is 1. The van der Waals surface area contributed by atoms with E-state index >= 15 is 0 Å². The molecule has 0 aliphatic carbocycles. The Morgan fingerprint density at radius 2 is 2.16 bits per heavy atom. The van der Waals surface area contributed by atoms with Gasteiger partial charge in [0.15, 0.2) is 0 Å². The van der Waals surface area contributed by atoms with E-state index < -0.39 is 0 Å². The van der Waals surface area contributed by atoms with Gasteiger partial charge in [-0.2, -0.15) is 11.8 Å². The Morgan fingerprint density at radius 1 is 1.37 bits per heavy atom. The smallest absolute Gasteiger partial charge is 0.111 e. The number of halogens is 1. The third-order valence-electron chi connectivity index (χ3n) is 3.79. The van der Waals surface area contributed by atoms with Gasteiger partial charge in [-0.25, -0.2) is 4.98 Å². The molecule has 0 saturated carbocycles. The Balaban J connectivity index is 2.09. The van der Waals surface area contributed by atoms with E-state index in [1.807, 2.05) is 0 Å². The van der Waals surface area contributed by atoms with E-state index in [0.29, 0.717) is 11.9 Å². The number of imidazole rings is 1. The van der Waals surface area contributed by atoms with Crippen molar-refractivity contribution in [3.8, 4) is 0 Å². The molecule has 2 aromatic rings. The van der Waals surface area contributed by atoms with Gasteiger partial charge in [0.2, 0.25) is 0 Å². The molecule has 1 fully saturated rings. The van der Waals surface area contributed by atoms with E-state index in [1.54, 1.807) is 0 Å². The SMILES string of the molecule is Cc1ccc2c(c1)nc(CCCl)n2C1CCSCC1. The van der Waals surface area contributed by atoms with Crippen LogP contribution in [0.15, 0.2) is 18.2 Å².